The van der Waals surface area contributed by atoms with Gasteiger partial charge >= 0.3 is 0 Å². The molecule has 5 rings (SSSR count). The van der Waals surface area contributed by atoms with Crippen LogP contribution in [0.4, 0.5) is 4.39 Å². The molecular weight excluding hydrogens is 353 g/mol. The quantitative estimate of drug-likeness (QED) is 0.736. The van der Waals surface area contributed by atoms with Gasteiger partial charge in [-0.25, -0.2) is 9.37 Å². The second-order valence-electron chi connectivity index (χ2n) is 7.67. The third-order valence-electron chi connectivity index (χ3n) is 5.98. The molecule has 1 aromatic heterocycles. The first-order chi connectivity index (χ1) is 13.7. The zero-order valence-corrected chi connectivity index (χ0v) is 15.6. The minimum atomic E-state index is -0.283. The van der Waals surface area contributed by atoms with Gasteiger partial charge in [0.1, 0.15) is 5.82 Å². The van der Waals surface area contributed by atoms with Crippen LogP contribution in [-0.2, 0) is 0 Å². The van der Waals surface area contributed by atoms with Crippen LogP contribution < -0.4 is 5.32 Å². The number of carbonyl (C=O) groups is 1. The molecule has 2 aliphatic rings. The number of para-hydroxylation sites is 1. The van der Waals surface area contributed by atoms with E-state index in [1.54, 1.807) is 12.1 Å². The lowest BCUT2D eigenvalue weighted by Crippen LogP contribution is -2.42. The lowest BCUT2D eigenvalue weighted by molar-refractivity contribution is 0.0682. The van der Waals surface area contributed by atoms with Crippen LogP contribution in [0.3, 0.4) is 0 Å². The number of hydrogen-bond acceptors (Lipinski definition) is 3. The second-order valence-corrected chi connectivity index (χ2v) is 7.67. The summed E-state index contributed by atoms with van der Waals surface area (Å²) < 4.78 is 13.4. The Bertz CT molecular complexity index is 1020. The minimum absolute atomic E-state index is 0.0816. The molecule has 2 bridgehead atoms. The second kappa shape index (κ2) is 6.99. The number of aromatic nitrogens is 1. The number of pyridine rings is 1. The number of carbonyl (C=O) groups excluding carboxylic acids is 1. The smallest absolute Gasteiger partial charge is 0.255 e. The maximum atomic E-state index is 13.7. The van der Waals surface area contributed by atoms with Crippen LogP contribution in [0, 0.1) is 5.82 Å². The van der Waals surface area contributed by atoms with Gasteiger partial charge in [-0.3, -0.25) is 4.79 Å². The van der Waals surface area contributed by atoms with E-state index in [0.29, 0.717) is 17.3 Å². The van der Waals surface area contributed by atoms with Gasteiger partial charge in [-0.2, -0.15) is 0 Å². The first-order valence-corrected chi connectivity index (χ1v) is 9.90. The van der Waals surface area contributed by atoms with Gasteiger partial charge in [-0.1, -0.05) is 18.2 Å². The SMILES string of the molecule is O=C(c1cc(-c2ccc(F)cc2)nc2ccccc12)N1C2CCNCC1CC2. The van der Waals surface area contributed by atoms with E-state index in [-0.39, 0.29) is 17.8 Å². The van der Waals surface area contributed by atoms with Gasteiger partial charge < -0.3 is 10.2 Å². The zero-order chi connectivity index (χ0) is 19.1. The summed E-state index contributed by atoms with van der Waals surface area (Å²) in [6.07, 6.45) is 3.12. The number of halogens is 1. The van der Waals surface area contributed by atoms with Crippen molar-refractivity contribution in [3.8, 4) is 11.3 Å². The average molecular weight is 375 g/mol. The summed E-state index contributed by atoms with van der Waals surface area (Å²) in [5, 5.41) is 4.32. The highest BCUT2D eigenvalue weighted by molar-refractivity contribution is 6.07. The molecule has 2 fully saturated rings. The van der Waals surface area contributed by atoms with Crippen molar-refractivity contribution in [2.24, 2.45) is 0 Å². The fourth-order valence-corrected chi connectivity index (χ4v) is 4.57. The third kappa shape index (κ3) is 2.96. The van der Waals surface area contributed by atoms with Crippen LogP contribution in [0.1, 0.15) is 29.6 Å². The number of amides is 1. The molecule has 2 unspecified atom stereocenters. The summed E-state index contributed by atoms with van der Waals surface area (Å²) in [5.74, 6) is -0.201. The molecule has 2 atom stereocenters. The average Bonchev–Trinajstić information content (AvgIpc) is 2.99. The van der Waals surface area contributed by atoms with Gasteiger partial charge in [0.05, 0.1) is 16.8 Å². The minimum Gasteiger partial charge on any atom is -0.331 e. The van der Waals surface area contributed by atoms with Gasteiger partial charge in [0.25, 0.3) is 5.91 Å². The zero-order valence-electron chi connectivity index (χ0n) is 15.6. The van der Waals surface area contributed by atoms with Crippen molar-refractivity contribution in [1.82, 2.24) is 15.2 Å². The van der Waals surface area contributed by atoms with E-state index < -0.39 is 0 Å². The Kier molecular flexibility index (Phi) is 4.32. The molecule has 1 N–H and O–H groups in total. The van der Waals surface area contributed by atoms with Crippen molar-refractivity contribution in [3.05, 3.63) is 66.0 Å². The van der Waals surface area contributed by atoms with Crippen molar-refractivity contribution in [1.29, 1.82) is 0 Å². The molecule has 0 aliphatic carbocycles. The molecule has 4 nitrogen and oxygen atoms in total. The number of nitrogens with zero attached hydrogens (tertiary/aromatic N) is 2. The number of nitrogens with one attached hydrogen (secondary N) is 1. The Hall–Kier alpha value is -2.79. The molecular formula is C23H22FN3O. The summed E-state index contributed by atoms with van der Waals surface area (Å²) in [4.78, 5) is 20.5. The molecule has 5 heteroatoms. The van der Waals surface area contributed by atoms with Crippen molar-refractivity contribution >= 4 is 16.8 Å². The first-order valence-electron chi connectivity index (χ1n) is 9.90. The lowest BCUT2D eigenvalue weighted by atomic mass is 10.0. The normalized spacial score (nSPS) is 21.7. The summed E-state index contributed by atoms with van der Waals surface area (Å²) in [5.41, 5.74) is 2.97. The lowest BCUT2D eigenvalue weighted by Gasteiger charge is -2.28. The Labute approximate surface area is 163 Å². The Balaban J connectivity index is 1.63. The van der Waals surface area contributed by atoms with E-state index in [2.05, 4.69) is 10.2 Å². The molecule has 142 valence electrons. The van der Waals surface area contributed by atoms with Gasteiger partial charge in [0, 0.05) is 29.6 Å². The Morgan fingerprint density at radius 3 is 2.68 bits per heavy atom. The predicted octanol–water partition coefficient (Wildman–Crippen LogP) is 4.01. The van der Waals surface area contributed by atoms with Crippen LogP contribution >= 0.6 is 0 Å². The van der Waals surface area contributed by atoms with Crippen molar-refractivity contribution in [3.63, 3.8) is 0 Å². The van der Waals surface area contributed by atoms with E-state index in [4.69, 9.17) is 4.98 Å². The van der Waals surface area contributed by atoms with Crippen LogP contribution in [0.5, 0.6) is 0 Å². The van der Waals surface area contributed by atoms with Gasteiger partial charge in [0.15, 0.2) is 0 Å². The van der Waals surface area contributed by atoms with Gasteiger partial charge in [0.2, 0.25) is 0 Å². The highest BCUT2D eigenvalue weighted by Crippen LogP contribution is 2.32. The third-order valence-corrected chi connectivity index (χ3v) is 5.98. The molecule has 3 heterocycles. The summed E-state index contributed by atoms with van der Waals surface area (Å²) in [6, 6.07) is 16.4. The maximum absolute atomic E-state index is 13.7. The standard InChI is InChI=1S/C23H22FN3O/c24-16-7-5-15(6-8-16)22-13-20(19-3-1-2-4-21(19)26-22)23(28)27-17-9-10-18(27)14-25-12-11-17/h1-8,13,17-18,25H,9-12,14H2. The van der Waals surface area contributed by atoms with Crippen molar-refractivity contribution < 1.29 is 9.18 Å². The van der Waals surface area contributed by atoms with Crippen LogP contribution in [0.25, 0.3) is 22.2 Å². The highest BCUT2D eigenvalue weighted by Gasteiger charge is 2.38. The molecule has 0 spiro atoms. The number of rotatable bonds is 2. The van der Waals surface area contributed by atoms with Crippen molar-refractivity contribution in [2.75, 3.05) is 13.1 Å². The molecule has 1 amide bonds. The fraction of sp³-hybridized carbons (Fsp3) is 0.304. The molecule has 2 saturated heterocycles. The predicted molar refractivity (Wildman–Crippen MR) is 108 cm³/mol. The Morgan fingerprint density at radius 1 is 1.04 bits per heavy atom. The fourth-order valence-electron chi connectivity index (χ4n) is 4.57. The molecule has 2 aliphatic heterocycles. The van der Waals surface area contributed by atoms with Crippen LogP contribution in [-0.4, -0.2) is 41.0 Å². The van der Waals surface area contributed by atoms with E-state index >= 15 is 0 Å². The Morgan fingerprint density at radius 2 is 1.82 bits per heavy atom. The topological polar surface area (TPSA) is 45.2 Å². The summed E-state index contributed by atoms with van der Waals surface area (Å²) in [7, 11) is 0. The van der Waals surface area contributed by atoms with Crippen LogP contribution in [0.2, 0.25) is 0 Å². The number of hydrogen-bond donors (Lipinski definition) is 1. The molecule has 0 radical (unpaired) electrons. The maximum Gasteiger partial charge on any atom is 0.255 e. The van der Waals surface area contributed by atoms with E-state index in [1.807, 2.05) is 30.3 Å². The van der Waals surface area contributed by atoms with Gasteiger partial charge in [-0.15, -0.1) is 0 Å². The van der Waals surface area contributed by atoms with Crippen molar-refractivity contribution in [2.45, 2.75) is 31.3 Å². The van der Waals surface area contributed by atoms with Gasteiger partial charge in [-0.05, 0) is 62.2 Å². The van der Waals surface area contributed by atoms with Crippen LogP contribution in [0.15, 0.2) is 54.6 Å². The highest BCUT2D eigenvalue weighted by atomic mass is 19.1. The summed E-state index contributed by atoms with van der Waals surface area (Å²) >= 11 is 0. The van der Waals surface area contributed by atoms with E-state index in [0.717, 1.165) is 48.8 Å². The summed E-state index contributed by atoms with van der Waals surface area (Å²) in [6.45, 7) is 1.82. The first kappa shape index (κ1) is 17.3. The molecule has 3 aromatic rings. The molecule has 0 saturated carbocycles. The number of benzene rings is 2. The van der Waals surface area contributed by atoms with E-state index in [9.17, 15) is 9.18 Å². The number of fused-ring (bicyclic) bond motifs is 3. The largest absolute Gasteiger partial charge is 0.331 e. The molecule has 28 heavy (non-hydrogen) atoms. The monoisotopic (exact) mass is 375 g/mol. The van der Waals surface area contributed by atoms with E-state index in [1.165, 1.54) is 12.1 Å². The molecule has 2 aromatic carbocycles.